The molecule has 0 radical (unpaired) electrons. The molecule has 1 spiro atoms. The minimum atomic E-state index is -0.172. The van der Waals surface area contributed by atoms with Crippen LogP contribution in [0.25, 0.3) is 0 Å². The van der Waals surface area contributed by atoms with Crippen LogP contribution in [-0.2, 0) is 9.59 Å². The lowest BCUT2D eigenvalue weighted by Gasteiger charge is -2.32. The number of hydrogen-bond acceptors (Lipinski definition) is 4. The van der Waals surface area contributed by atoms with E-state index in [0.29, 0.717) is 17.9 Å². The van der Waals surface area contributed by atoms with Crippen LogP contribution in [0.5, 0.6) is 0 Å². The summed E-state index contributed by atoms with van der Waals surface area (Å²) in [6.07, 6.45) is 5.51. The Kier molecular flexibility index (Phi) is 5.92. The number of likely N-dealkylation sites (tertiary alicyclic amines) is 1. The van der Waals surface area contributed by atoms with Crippen molar-refractivity contribution < 1.29 is 9.59 Å². The zero-order valence-corrected chi connectivity index (χ0v) is 16.7. The fraction of sp³-hybridized carbons (Fsp3) is 0.900. The Bertz CT molecular complexity index is 514. The monoisotopic (exact) mass is 364 g/mol. The maximum Gasteiger partial charge on any atom is 0.234 e. The van der Waals surface area contributed by atoms with E-state index in [2.05, 4.69) is 20.9 Å². The van der Waals surface area contributed by atoms with Crippen LogP contribution in [0, 0.1) is 17.3 Å². The summed E-state index contributed by atoms with van der Waals surface area (Å²) in [6.45, 7) is 11.3. The third kappa shape index (κ3) is 5.19. The van der Waals surface area contributed by atoms with Gasteiger partial charge in [-0.3, -0.25) is 14.5 Å². The molecule has 3 fully saturated rings. The van der Waals surface area contributed by atoms with Crippen LogP contribution in [0.1, 0.15) is 52.9 Å². The minimum Gasteiger partial charge on any atom is -0.356 e. The molecule has 3 N–H and O–H groups in total. The average Bonchev–Trinajstić information content (AvgIpc) is 3.26. The van der Waals surface area contributed by atoms with E-state index in [1.165, 1.54) is 0 Å². The van der Waals surface area contributed by atoms with Gasteiger partial charge in [0.05, 0.1) is 6.54 Å². The third-order valence-corrected chi connectivity index (χ3v) is 6.26. The standard InChI is InChI=1S/C20H36N4O2/c1-19(2,3)23-17(25)14-24-10-4-15(5-11-24)13-22-18(26)16-12-20(16)6-8-21-9-7-20/h15-16,21H,4-14H2,1-3H3,(H,22,26)(H,23,25). The molecule has 6 heteroatoms. The van der Waals surface area contributed by atoms with E-state index in [0.717, 1.165) is 64.8 Å². The first kappa shape index (κ1) is 19.6. The van der Waals surface area contributed by atoms with Gasteiger partial charge in [0, 0.05) is 18.0 Å². The van der Waals surface area contributed by atoms with Crippen molar-refractivity contribution in [1.82, 2.24) is 20.9 Å². The summed E-state index contributed by atoms with van der Waals surface area (Å²) >= 11 is 0. The molecule has 0 aromatic heterocycles. The van der Waals surface area contributed by atoms with Crippen LogP contribution in [0.4, 0.5) is 0 Å². The smallest absolute Gasteiger partial charge is 0.234 e. The molecule has 6 nitrogen and oxygen atoms in total. The SMILES string of the molecule is CC(C)(C)NC(=O)CN1CCC(CNC(=O)C2CC23CCNCC3)CC1. The lowest BCUT2D eigenvalue weighted by Crippen LogP contribution is -2.48. The molecule has 3 rings (SSSR count). The van der Waals surface area contributed by atoms with E-state index < -0.39 is 0 Å². The van der Waals surface area contributed by atoms with E-state index in [1.54, 1.807) is 0 Å². The predicted octanol–water partition coefficient (Wildman–Crippen LogP) is 1.12. The van der Waals surface area contributed by atoms with Crippen molar-refractivity contribution in [2.45, 2.75) is 58.4 Å². The highest BCUT2D eigenvalue weighted by Crippen LogP contribution is 2.58. The highest BCUT2D eigenvalue weighted by Gasteiger charge is 2.57. The van der Waals surface area contributed by atoms with Gasteiger partial charge in [0.15, 0.2) is 0 Å². The number of carbonyl (C=O) groups is 2. The molecule has 26 heavy (non-hydrogen) atoms. The van der Waals surface area contributed by atoms with E-state index in [1.807, 2.05) is 20.8 Å². The average molecular weight is 365 g/mol. The van der Waals surface area contributed by atoms with Gasteiger partial charge in [0.25, 0.3) is 0 Å². The summed E-state index contributed by atoms with van der Waals surface area (Å²) < 4.78 is 0. The number of nitrogens with one attached hydrogen (secondary N) is 3. The molecule has 0 aromatic carbocycles. The molecule has 2 aliphatic heterocycles. The number of amides is 2. The second-order valence-electron chi connectivity index (χ2n) is 9.63. The van der Waals surface area contributed by atoms with Gasteiger partial charge in [-0.15, -0.1) is 0 Å². The van der Waals surface area contributed by atoms with Crippen LogP contribution in [0.15, 0.2) is 0 Å². The van der Waals surface area contributed by atoms with E-state index in [-0.39, 0.29) is 23.3 Å². The lowest BCUT2D eigenvalue weighted by molar-refractivity contribution is -0.124. The Morgan fingerprint density at radius 1 is 1.15 bits per heavy atom. The predicted molar refractivity (Wildman–Crippen MR) is 103 cm³/mol. The van der Waals surface area contributed by atoms with E-state index >= 15 is 0 Å². The first-order valence-corrected chi connectivity index (χ1v) is 10.3. The Labute approximate surface area is 157 Å². The molecule has 1 saturated carbocycles. The maximum atomic E-state index is 12.5. The molecule has 1 atom stereocenters. The van der Waals surface area contributed by atoms with Crippen molar-refractivity contribution >= 4 is 11.8 Å². The fourth-order valence-electron chi connectivity index (χ4n) is 4.57. The lowest BCUT2D eigenvalue weighted by atomic mass is 9.91. The normalized spacial score (nSPS) is 26.5. The number of rotatable bonds is 5. The van der Waals surface area contributed by atoms with Gasteiger partial charge in [-0.05, 0) is 90.4 Å². The molecule has 3 aliphatic rings. The molecule has 0 bridgehead atoms. The maximum absolute atomic E-state index is 12.5. The van der Waals surface area contributed by atoms with Gasteiger partial charge < -0.3 is 16.0 Å². The van der Waals surface area contributed by atoms with Crippen molar-refractivity contribution in [1.29, 1.82) is 0 Å². The van der Waals surface area contributed by atoms with Crippen molar-refractivity contribution in [3.05, 3.63) is 0 Å². The quantitative estimate of drug-likeness (QED) is 0.683. The minimum absolute atomic E-state index is 0.102. The fourth-order valence-corrected chi connectivity index (χ4v) is 4.57. The first-order chi connectivity index (χ1) is 12.3. The summed E-state index contributed by atoms with van der Waals surface area (Å²) in [5.41, 5.74) is 0.146. The van der Waals surface area contributed by atoms with Gasteiger partial charge in [0.1, 0.15) is 0 Å². The van der Waals surface area contributed by atoms with Crippen LogP contribution < -0.4 is 16.0 Å². The third-order valence-electron chi connectivity index (χ3n) is 6.26. The van der Waals surface area contributed by atoms with Crippen molar-refractivity contribution in [3.63, 3.8) is 0 Å². The summed E-state index contributed by atoms with van der Waals surface area (Å²) in [7, 11) is 0. The zero-order valence-electron chi connectivity index (χ0n) is 16.7. The summed E-state index contributed by atoms with van der Waals surface area (Å²) in [5, 5.41) is 9.63. The van der Waals surface area contributed by atoms with Crippen molar-refractivity contribution in [2.75, 3.05) is 39.3 Å². The first-order valence-electron chi connectivity index (χ1n) is 10.3. The van der Waals surface area contributed by atoms with Crippen LogP contribution in [-0.4, -0.2) is 61.5 Å². The Balaban J connectivity index is 1.32. The molecular formula is C20H36N4O2. The van der Waals surface area contributed by atoms with Crippen LogP contribution >= 0.6 is 0 Å². The highest BCUT2D eigenvalue weighted by molar-refractivity contribution is 5.82. The molecule has 2 amide bonds. The molecule has 0 aromatic rings. The van der Waals surface area contributed by atoms with Gasteiger partial charge in [0.2, 0.25) is 11.8 Å². The Hall–Kier alpha value is -1.14. The Morgan fingerprint density at radius 2 is 1.81 bits per heavy atom. The molecule has 2 heterocycles. The molecule has 2 saturated heterocycles. The topological polar surface area (TPSA) is 73.5 Å². The number of nitrogens with zero attached hydrogens (tertiary/aromatic N) is 1. The van der Waals surface area contributed by atoms with Crippen LogP contribution in [0.2, 0.25) is 0 Å². The summed E-state index contributed by atoms with van der Waals surface area (Å²) in [4.78, 5) is 26.7. The molecule has 1 aliphatic carbocycles. The largest absolute Gasteiger partial charge is 0.356 e. The van der Waals surface area contributed by atoms with E-state index in [9.17, 15) is 9.59 Å². The number of hydrogen-bond donors (Lipinski definition) is 3. The van der Waals surface area contributed by atoms with E-state index in [4.69, 9.17) is 0 Å². The molecular weight excluding hydrogens is 328 g/mol. The van der Waals surface area contributed by atoms with Gasteiger partial charge >= 0.3 is 0 Å². The highest BCUT2D eigenvalue weighted by atomic mass is 16.2. The Morgan fingerprint density at radius 3 is 2.42 bits per heavy atom. The number of carbonyl (C=O) groups excluding carboxylic acids is 2. The number of piperidine rings is 2. The van der Waals surface area contributed by atoms with Crippen molar-refractivity contribution in [3.8, 4) is 0 Å². The van der Waals surface area contributed by atoms with Gasteiger partial charge in [-0.2, -0.15) is 0 Å². The second kappa shape index (κ2) is 7.85. The van der Waals surface area contributed by atoms with Gasteiger partial charge in [-0.25, -0.2) is 0 Å². The molecule has 148 valence electrons. The molecule has 1 unspecified atom stereocenters. The van der Waals surface area contributed by atoms with Gasteiger partial charge in [-0.1, -0.05) is 0 Å². The van der Waals surface area contributed by atoms with Crippen LogP contribution in [0.3, 0.4) is 0 Å². The van der Waals surface area contributed by atoms with Crippen molar-refractivity contribution in [2.24, 2.45) is 17.3 Å². The summed E-state index contributed by atoms with van der Waals surface area (Å²) in [6, 6.07) is 0. The zero-order chi connectivity index (χ0) is 18.8. The summed E-state index contributed by atoms with van der Waals surface area (Å²) in [5.74, 6) is 1.18. The second-order valence-corrected chi connectivity index (χ2v) is 9.63.